The first-order valence-corrected chi connectivity index (χ1v) is 9.10. The lowest BCUT2D eigenvalue weighted by atomic mass is 10.1. The normalized spacial score (nSPS) is 18.2. The molecule has 1 aliphatic heterocycles. The van der Waals surface area contributed by atoms with Crippen LogP contribution in [0.5, 0.6) is 0 Å². The van der Waals surface area contributed by atoms with Gasteiger partial charge in [0.2, 0.25) is 5.76 Å². The molecular formula is C18H19N3O2S. The lowest BCUT2D eigenvalue weighted by Crippen LogP contribution is -2.30. The fourth-order valence-corrected chi connectivity index (χ4v) is 3.89. The van der Waals surface area contributed by atoms with Gasteiger partial charge in [0.15, 0.2) is 0 Å². The van der Waals surface area contributed by atoms with Gasteiger partial charge in [0.1, 0.15) is 5.52 Å². The Kier molecular flexibility index (Phi) is 4.32. The number of fused-ring (bicyclic) bond motifs is 1. The number of thiophene rings is 1. The van der Waals surface area contributed by atoms with Crippen LogP contribution in [0.2, 0.25) is 0 Å². The summed E-state index contributed by atoms with van der Waals surface area (Å²) in [5.41, 5.74) is 2.09. The summed E-state index contributed by atoms with van der Waals surface area (Å²) in [6, 6.07) is 9.64. The molecule has 24 heavy (non-hydrogen) atoms. The quantitative estimate of drug-likeness (QED) is 0.774. The van der Waals surface area contributed by atoms with Crippen molar-refractivity contribution in [2.45, 2.75) is 13.0 Å². The molecule has 3 heterocycles. The maximum Gasteiger partial charge on any atom is 0.290 e. The second-order valence-corrected chi connectivity index (χ2v) is 7.04. The van der Waals surface area contributed by atoms with Gasteiger partial charge < -0.3 is 9.84 Å². The second kappa shape index (κ2) is 6.75. The molecular weight excluding hydrogens is 322 g/mol. The zero-order valence-corrected chi connectivity index (χ0v) is 14.1. The fourth-order valence-electron chi connectivity index (χ4n) is 3.23. The molecule has 6 heteroatoms. The number of nitrogens with zero attached hydrogens (tertiary/aromatic N) is 2. The van der Waals surface area contributed by atoms with Crippen molar-refractivity contribution in [3.05, 3.63) is 52.4 Å². The molecule has 0 saturated carbocycles. The van der Waals surface area contributed by atoms with E-state index in [0.29, 0.717) is 23.7 Å². The van der Waals surface area contributed by atoms with E-state index in [0.717, 1.165) is 31.4 Å². The molecule has 0 unspecified atom stereocenters. The average Bonchev–Trinajstić information content (AvgIpc) is 3.34. The SMILES string of the molecule is O=C(NC[C@@H]1CCN(Cc2ccsc2)C1)c1onc2ccccc12. The van der Waals surface area contributed by atoms with Gasteiger partial charge >= 0.3 is 0 Å². The number of benzene rings is 1. The molecule has 0 bridgehead atoms. The summed E-state index contributed by atoms with van der Waals surface area (Å²) < 4.78 is 5.21. The monoisotopic (exact) mass is 341 g/mol. The van der Waals surface area contributed by atoms with Gasteiger partial charge in [-0.05, 0) is 53.4 Å². The molecule has 2 aromatic heterocycles. The van der Waals surface area contributed by atoms with Crippen LogP contribution in [0, 0.1) is 5.92 Å². The minimum absolute atomic E-state index is 0.181. The van der Waals surface area contributed by atoms with Gasteiger partial charge in [0.25, 0.3) is 5.91 Å². The van der Waals surface area contributed by atoms with E-state index < -0.39 is 0 Å². The molecule has 0 radical (unpaired) electrons. The van der Waals surface area contributed by atoms with E-state index >= 15 is 0 Å². The molecule has 1 atom stereocenters. The van der Waals surface area contributed by atoms with E-state index in [-0.39, 0.29) is 5.91 Å². The highest BCUT2D eigenvalue weighted by Gasteiger charge is 2.24. The van der Waals surface area contributed by atoms with Crippen LogP contribution < -0.4 is 5.32 Å². The van der Waals surface area contributed by atoms with Crippen molar-refractivity contribution in [3.63, 3.8) is 0 Å². The van der Waals surface area contributed by atoms with Crippen LogP contribution >= 0.6 is 11.3 Å². The summed E-state index contributed by atoms with van der Waals surface area (Å²) in [6.45, 7) is 3.78. The Morgan fingerprint density at radius 1 is 1.38 bits per heavy atom. The van der Waals surface area contributed by atoms with Gasteiger partial charge in [-0.25, -0.2) is 0 Å². The molecule has 1 aliphatic rings. The van der Waals surface area contributed by atoms with Crippen LogP contribution in [-0.2, 0) is 6.54 Å². The molecule has 3 aromatic rings. The van der Waals surface area contributed by atoms with Crippen LogP contribution in [0.3, 0.4) is 0 Å². The van der Waals surface area contributed by atoms with Crippen LogP contribution in [0.1, 0.15) is 22.5 Å². The Morgan fingerprint density at radius 2 is 2.29 bits per heavy atom. The van der Waals surface area contributed by atoms with Gasteiger partial charge in [0, 0.05) is 19.6 Å². The number of carbonyl (C=O) groups is 1. The highest BCUT2D eigenvalue weighted by Crippen LogP contribution is 2.20. The third-order valence-electron chi connectivity index (χ3n) is 4.50. The lowest BCUT2D eigenvalue weighted by Gasteiger charge is -2.15. The molecule has 1 aromatic carbocycles. The van der Waals surface area contributed by atoms with E-state index in [1.165, 1.54) is 5.56 Å². The van der Waals surface area contributed by atoms with E-state index in [1.54, 1.807) is 11.3 Å². The smallest absolute Gasteiger partial charge is 0.290 e. The average molecular weight is 341 g/mol. The molecule has 0 spiro atoms. The standard InChI is InChI=1S/C18H19N3O2S/c22-18(17-15-3-1-2-4-16(15)20-23-17)19-9-13-5-7-21(10-13)11-14-6-8-24-12-14/h1-4,6,8,12-13H,5,7,9-11H2,(H,19,22)/t13-/m0/s1. The van der Waals surface area contributed by atoms with E-state index in [4.69, 9.17) is 4.52 Å². The molecule has 5 nitrogen and oxygen atoms in total. The van der Waals surface area contributed by atoms with Crippen molar-refractivity contribution in [2.75, 3.05) is 19.6 Å². The van der Waals surface area contributed by atoms with Crippen molar-refractivity contribution in [1.29, 1.82) is 0 Å². The Labute approximate surface area is 144 Å². The molecule has 1 N–H and O–H groups in total. The fraction of sp³-hybridized carbons (Fsp3) is 0.333. The first-order valence-electron chi connectivity index (χ1n) is 8.15. The molecule has 1 saturated heterocycles. The third-order valence-corrected chi connectivity index (χ3v) is 5.23. The topological polar surface area (TPSA) is 58.4 Å². The van der Waals surface area contributed by atoms with Crippen molar-refractivity contribution in [3.8, 4) is 0 Å². The summed E-state index contributed by atoms with van der Waals surface area (Å²) in [5, 5.41) is 12.0. The van der Waals surface area contributed by atoms with Crippen LogP contribution in [0.15, 0.2) is 45.6 Å². The Bertz CT molecular complexity index is 828. The lowest BCUT2D eigenvalue weighted by molar-refractivity contribution is 0.0913. The molecule has 0 aliphatic carbocycles. The number of hydrogen-bond donors (Lipinski definition) is 1. The maximum atomic E-state index is 12.4. The van der Waals surface area contributed by atoms with Gasteiger partial charge in [0.05, 0.1) is 5.39 Å². The number of rotatable bonds is 5. The van der Waals surface area contributed by atoms with Crippen LogP contribution in [0.25, 0.3) is 10.9 Å². The van der Waals surface area contributed by atoms with Gasteiger partial charge in [-0.3, -0.25) is 9.69 Å². The first kappa shape index (κ1) is 15.4. The highest BCUT2D eigenvalue weighted by molar-refractivity contribution is 7.07. The van der Waals surface area contributed by atoms with Crippen molar-refractivity contribution in [1.82, 2.24) is 15.4 Å². The summed E-state index contributed by atoms with van der Waals surface area (Å²) in [4.78, 5) is 14.8. The second-order valence-electron chi connectivity index (χ2n) is 6.26. The summed E-state index contributed by atoms with van der Waals surface area (Å²) in [7, 11) is 0. The zero-order valence-electron chi connectivity index (χ0n) is 13.3. The zero-order chi connectivity index (χ0) is 16.4. The van der Waals surface area contributed by atoms with Gasteiger partial charge in [-0.1, -0.05) is 17.3 Å². The maximum absolute atomic E-state index is 12.4. The summed E-state index contributed by atoms with van der Waals surface area (Å²) in [6.07, 6.45) is 1.11. The Morgan fingerprint density at radius 3 is 3.17 bits per heavy atom. The van der Waals surface area contributed by atoms with Gasteiger partial charge in [-0.15, -0.1) is 0 Å². The van der Waals surface area contributed by atoms with Crippen molar-refractivity contribution in [2.24, 2.45) is 5.92 Å². The van der Waals surface area contributed by atoms with E-state index in [1.807, 2.05) is 24.3 Å². The Balaban J connectivity index is 1.31. The predicted molar refractivity (Wildman–Crippen MR) is 94.0 cm³/mol. The number of likely N-dealkylation sites (tertiary alicyclic amines) is 1. The highest BCUT2D eigenvalue weighted by atomic mass is 32.1. The van der Waals surface area contributed by atoms with Crippen molar-refractivity contribution < 1.29 is 9.32 Å². The minimum Gasteiger partial charge on any atom is -0.350 e. The largest absolute Gasteiger partial charge is 0.350 e. The van der Waals surface area contributed by atoms with E-state index in [2.05, 4.69) is 32.2 Å². The molecule has 1 fully saturated rings. The summed E-state index contributed by atoms with van der Waals surface area (Å²) in [5.74, 6) is 0.612. The van der Waals surface area contributed by atoms with E-state index in [9.17, 15) is 4.79 Å². The van der Waals surface area contributed by atoms with Crippen molar-refractivity contribution >= 4 is 28.1 Å². The number of aromatic nitrogens is 1. The third kappa shape index (κ3) is 3.20. The first-order chi connectivity index (χ1) is 11.8. The number of carbonyl (C=O) groups excluding carboxylic acids is 1. The molecule has 4 rings (SSSR count). The van der Waals surface area contributed by atoms with Crippen LogP contribution in [0.4, 0.5) is 0 Å². The minimum atomic E-state index is -0.181. The summed E-state index contributed by atoms with van der Waals surface area (Å²) >= 11 is 1.74. The molecule has 124 valence electrons. The van der Waals surface area contributed by atoms with Crippen LogP contribution in [-0.4, -0.2) is 35.6 Å². The molecule has 1 amide bonds. The number of nitrogens with one attached hydrogen (secondary N) is 1. The number of hydrogen-bond acceptors (Lipinski definition) is 5. The predicted octanol–water partition coefficient (Wildman–Crippen LogP) is 3.14. The number of amides is 1. The van der Waals surface area contributed by atoms with Gasteiger partial charge in [-0.2, -0.15) is 11.3 Å². The Hall–Kier alpha value is -2.18.